The Hall–Kier alpha value is -1.12. The Bertz CT molecular complexity index is 495. The van der Waals surface area contributed by atoms with Crippen LogP contribution in [0, 0.1) is 0 Å². The minimum absolute atomic E-state index is 0.219. The first-order valence-electron chi connectivity index (χ1n) is 5.17. The van der Waals surface area contributed by atoms with Crippen molar-refractivity contribution < 1.29 is 13.2 Å². The maximum atomic E-state index is 10.8. The van der Waals surface area contributed by atoms with E-state index in [0.29, 0.717) is 30.4 Å². The van der Waals surface area contributed by atoms with Gasteiger partial charge in [0.2, 0.25) is 10.0 Å². The number of nitrogens with zero attached hydrogens (tertiary/aromatic N) is 2. The summed E-state index contributed by atoms with van der Waals surface area (Å²) in [6.07, 6.45) is 3.16. The largest absolute Gasteiger partial charge is 0.467 e. The van der Waals surface area contributed by atoms with Gasteiger partial charge in [-0.2, -0.15) is 4.98 Å². The molecule has 2 N–H and O–H groups in total. The van der Waals surface area contributed by atoms with Crippen molar-refractivity contribution in [1.82, 2.24) is 14.7 Å². The molecule has 1 aromatic rings. The van der Waals surface area contributed by atoms with Crippen LogP contribution in [0.4, 0.5) is 5.82 Å². The lowest BCUT2D eigenvalue weighted by molar-refractivity contribution is 0.380. The highest BCUT2D eigenvalue weighted by atomic mass is 35.5. The fourth-order valence-electron chi connectivity index (χ4n) is 1.13. The van der Waals surface area contributed by atoms with E-state index in [2.05, 4.69) is 20.0 Å². The molecule has 0 aliphatic rings. The number of methoxy groups -OCH3 is 1. The van der Waals surface area contributed by atoms with Crippen molar-refractivity contribution >= 4 is 27.4 Å². The van der Waals surface area contributed by atoms with Crippen LogP contribution in [0.15, 0.2) is 6.20 Å². The van der Waals surface area contributed by atoms with Gasteiger partial charge >= 0.3 is 6.01 Å². The van der Waals surface area contributed by atoms with Crippen molar-refractivity contribution in [3.8, 4) is 6.01 Å². The fourth-order valence-corrected chi connectivity index (χ4v) is 1.80. The lowest BCUT2D eigenvalue weighted by atomic mass is 10.4. The summed E-state index contributed by atoms with van der Waals surface area (Å²) in [5.74, 6) is 0.461. The first kappa shape index (κ1) is 14.9. The smallest absolute Gasteiger partial charge is 0.318 e. The molecule has 0 aromatic carbocycles. The van der Waals surface area contributed by atoms with Crippen LogP contribution in [0.1, 0.15) is 6.42 Å². The van der Waals surface area contributed by atoms with E-state index in [1.165, 1.54) is 13.3 Å². The summed E-state index contributed by atoms with van der Waals surface area (Å²) in [6, 6.07) is 0.219. The quantitative estimate of drug-likeness (QED) is 0.711. The molecule has 9 heteroatoms. The predicted molar refractivity (Wildman–Crippen MR) is 69.5 cm³/mol. The van der Waals surface area contributed by atoms with E-state index < -0.39 is 10.0 Å². The third kappa shape index (κ3) is 5.48. The molecule has 0 radical (unpaired) electrons. The van der Waals surface area contributed by atoms with Crippen molar-refractivity contribution in [1.29, 1.82) is 0 Å². The van der Waals surface area contributed by atoms with E-state index in [4.69, 9.17) is 16.3 Å². The van der Waals surface area contributed by atoms with Crippen LogP contribution in [-0.4, -0.2) is 44.8 Å². The van der Waals surface area contributed by atoms with E-state index in [-0.39, 0.29) is 6.01 Å². The molecular formula is C9H15ClN4O3S. The van der Waals surface area contributed by atoms with E-state index >= 15 is 0 Å². The molecule has 0 fully saturated rings. The van der Waals surface area contributed by atoms with Crippen LogP contribution in [0.25, 0.3) is 0 Å². The summed E-state index contributed by atoms with van der Waals surface area (Å²) in [4.78, 5) is 7.86. The number of ether oxygens (including phenoxy) is 1. The van der Waals surface area contributed by atoms with Crippen molar-refractivity contribution in [2.75, 3.05) is 31.8 Å². The summed E-state index contributed by atoms with van der Waals surface area (Å²) in [7, 11) is -1.68. The van der Waals surface area contributed by atoms with Gasteiger partial charge in [-0.05, 0) is 6.42 Å². The van der Waals surface area contributed by atoms with Gasteiger partial charge in [0.15, 0.2) is 5.82 Å². The second-order valence-corrected chi connectivity index (χ2v) is 5.74. The first-order valence-corrected chi connectivity index (χ1v) is 7.44. The number of sulfonamides is 1. The average Bonchev–Trinajstić information content (AvgIpc) is 2.29. The molecule has 1 heterocycles. The number of nitrogens with one attached hydrogen (secondary N) is 2. The zero-order valence-electron chi connectivity index (χ0n) is 10.1. The van der Waals surface area contributed by atoms with Crippen molar-refractivity contribution in [2.24, 2.45) is 0 Å². The summed E-state index contributed by atoms with van der Waals surface area (Å²) in [6.45, 7) is 0.883. The second kappa shape index (κ2) is 6.72. The van der Waals surface area contributed by atoms with E-state index in [1.54, 1.807) is 0 Å². The zero-order valence-corrected chi connectivity index (χ0v) is 11.7. The number of hydrogen-bond donors (Lipinski definition) is 2. The average molecular weight is 295 g/mol. The minimum Gasteiger partial charge on any atom is -0.467 e. The summed E-state index contributed by atoms with van der Waals surface area (Å²) in [5.41, 5.74) is 0. The molecule has 0 bridgehead atoms. The Morgan fingerprint density at radius 3 is 2.78 bits per heavy atom. The Morgan fingerprint density at radius 1 is 1.44 bits per heavy atom. The van der Waals surface area contributed by atoms with Crippen LogP contribution < -0.4 is 14.8 Å². The number of rotatable bonds is 7. The zero-order chi connectivity index (χ0) is 13.6. The monoisotopic (exact) mass is 294 g/mol. The van der Waals surface area contributed by atoms with Gasteiger partial charge in [-0.25, -0.2) is 18.1 Å². The molecule has 7 nitrogen and oxygen atoms in total. The topological polar surface area (TPSA) is 93.2 Å². The van der Waals surface area contributed by atoms with Gasteiger partial charge in [-0.15, -0.1) is 0 Å². The fraction of sp³-hybridized carbons (Fsp3) is 0.556. The molecule has 0 aliphatic heterocycles. The van der Waals surface area contributed by atoms with Crippen LogP contribution in [0.3, 0.4) is 0 Å². The van der Waals surface area contributed by atoms with Gasteiger partial charge < -0.3 is 10.1 Å². The molecule has 18 heavy (non-hydrogen) atoms. The molecule has 0 saturated carbocycles. The maximum absolute atomic E-state index is 10.8. The number of aromatic nitrogens is 2. The predicted octanol–water partition coefficient (Wildman–Crippen LogP) is 0.490. The first-order chi connectivity index (χ1) is 8.42. The molecule has 0 aliphatic carbocycles. The van der Waals surface area contributed by atoms with Gasteiger partial charge in [0, 0.05) is 13.1 Å². The third-order valence-electron chi connectivity index (χ3n) is 1.91. The molecular weight excluding hydrogens is 280 g/mol. The second-order valence-electron chi connectivity index (χ2n) is 3.50. The van der Waals surface area contributed by atoms with Crippen LogP contribution in [0.2, 0.25) is 5.02 Å². The lowest BCUT2D eigenvalue weighted by Gasteiger charge is -2.08. The lowest BCUT2D eigenvalue weighted by Crippen LogP contribution is -2.24. The Morgan fingerprint density at radius 2 is 2.17 bits per heavy atom. The maximum Gasteiger partial charge on any atom is 0.318 e. The number of hydrogen-bond acceptors (Lipinski definition) is 6. The van der Waals surface area contributed by atoms with Crippen molar-refractivity contribution in [3.05, 3.63) is 11.2 Å². The summed E-state index contributed by atoms with van der Waals surface area (Å²) in [5, 5.41) is 3.36. The van der Waals surface area contributed by atoms with E-state index in [1.807, 2.05) is 0 Å². The third-order valence-corrected chi connectivity index (χ3v) is 2.92. The molecule has 0 amide bonds. The highest BCUT2D eigenvalue weighted by Gasteiger charge is 2.05. The Kier molecular flexibility index (Phi) is 5.57. The minimum atomic E-state index is -3.14. The highest BCUT2D eigenvalue weighted by molar-refractivity contribution is 7.88. The molecule has 0 spiro atoms. The molecule has 0 saturated heterocycles. The SMILES string of the molecule is COc1ncc(Cl)c(NCCCNS(C)(=O)=O)n1. The van der Waals surface area contributed by atoms with Gasteiger partial charge in [0.1, 0.15) is 5.02 Å². The van der Waals surface area contributed by atoms with Crippen LogP contribution >= 0.6 is 11.6 Å². The Labute approximate surface area is 111 Å². The standard InChI is InChI=1S/C9H15ClN4O3S/c1-17-9-12-6-7(10)8(14-9)11-4-3-5-13-18(2,15)16/h6,13H,3-5H2,1-2H3,(H,11,12,14). The normalized spacial score (nSPS) is 11.3. The number of anilines is 1. The molecule has 0 unspecified atom stereocenters. The van der Waals surface area contributed by atoms with Gasteiger partial charge in [-0.1, -0.05) is 11.6 Å². The molecule has 102 valence electrons. The van der Waals surface area contributed by atoms with Crippen molar-refractivity contribution in [3.63, 3.8) is 0 Å². The van der Waals surface area contributed by atoms with Crippen LogP contribution in [0.5, 0.6) is 6.01 Å². The molecule has 1 rings (SSSR count). The van der Waals surface area contributed by atoms with Gasteiger partial charge in [-0.3, -0.25) is 0 Å². The summed E-state index contributed by atoms with van der Waals surface area (Å²) >= 11 is 5.88. The van der Waals surface area contributed by atoms with Gasteiger partial charge in [0.05, 0.1) is 19.6 Å². The number of halogens is 1. The molecule has 1 aromatic heterocycles. The van der Waals surface area contributed by atoms with E-state index in [0.717, 1.165) is 6.26 Å². The Balaban J connectivity index is 2.39. The van der Waals surface area contributed by atoms with E-state index in [9.17, 15) is 8.42 Å². The van der Waals surface area contributed by atoms with Crippen molar-refractivity contribution in [2.45, 2.75) is 6.42 Å². The highest BCUT2D eigenvalue weighted by Crippen LogP contribution is 2.19. The van der Waals surface area contributed by atoms with Gasteiger partial charge in [0.25, 0.3) is 0 Å². The summed E-state index contributed by atoms with van der Waals surface area (Å²) < 4.78 is 28.9. The molecule has 0 atom stereocenters. The van der Waals surface area contributed by atoms with Crippen LogP contribution in [-0.2, 0) is 10.0 Å².